The SMILES string of the molecule is O=C(NC1CCN(C2CC2)C1)c1ccc(I)c(Cl)c1. The van der Waals surface area contributed by atoms with Gasteiger partial charge in [-0.25, -0.2) is 0 Å². The molecule has 3 nitrogen and oxygen atoms in total. The lowest BCUT2D eigenvalue weighted by Crippen LogP contribution is -2.37. The van der Waals surface area contributed by atoms with Crippen LogP contribution in [0.15, 0.2) is 18.2 Å². The molecule has 1 saturated heterocycles. The van der Waals surface area contributed by atoms with Gasteiger partial charge < -0.3 is 5.32 Å². The number of rotatable bonds is 3. The first-order valence-electron chi connectivity index (χ1n) is 6.63. The summed E-state index contributed by atoms with van der Waals surface area (Å²) in [6.07, 6.45) is 3.71. The number of nitrogens with zero attached hydrogens (tertiary/aromatic N) is 1. The molecule has 3 rings (SSSR count). The van der Waals surface area contributed by atoms with Gasteiger partial charge in [0, 0.05) is 34.3 Å². The molecule has 1 N–H and O–H groups in total. The van der Waals surface area contributed by atoms with Crippen molar-refractivity contribution in [3.8, 4) is 0 Å². The molecule has 1 unspecified atom stereocenters. The molecular weight excluding hydrogens is 375 g/mol. The molecular formula is C14H16ClIN2O. The lowest BCUT2D eigenvalue weighted by atomic mass is 10.2. The maximum absolute atomic E-state index is 12.2. The average molecular weight is 391 g/mol. The smallest absolute Gasteiger partial charge is 0.251 e. The second-order valence-corrected chi connectivity index (χ2v) is 6.88. The van der Waals surface area contributed by atoms with Crippen LogP contribution in [-0.2, 0) is 0 Å². The molecule has 0 spiro atoms. The van der Waals surface area contributed by atoms with Crippen LogP contribution in [0.5, 0.6) is 0 Å². The number of halogens is 2. The van der Waals surface area contributed by atoms with E-state index in [-0.39, 0.29) is 11.9 Å². The molecule has 0 bridgehead atoms. The van der Waals surface area contributed by atoms with Gasteiger partial charge in [-0.2, -0.15) is 0 Å². The average Bonchev–Trinajstić information content (AvgIpc) is 3.14. The van der Waals surface area contributed by atoms with Crippen LogP contribution in [0.1, 0.15) is 29.6 Å². The number of carbonyl (C=O) groups excluding carboxylic acids is 1. The van der Waals surface area contributed by atoms with Gasteiger partial charge in [0.05, 0.1) is 5.02 Å². The number of hydrogen-bond acceptors (Lipinski definition) is 2. The third-order valence-corrected chi connectivity index (χ3v) is 5.37. The summed E-state index contributed by atoms with van der Waals surface area (Å²) < 4.78 is 0.969. The molecule has 19 heavy (non-hydrogen) atoms. The van der Waals surface area contributed by atoms with E-state index in [4.69, 9.17) is 11.6 Å². The quantitative estimate of drug-likeness (QED) is 0.805. The monoisotopic (exact) mass is 390 g/mol. The predicted molar refractivity (Wildman–Crippen MR) is 84.6 cm³/mol. The van der Waals surface area contributed by atoms with E-state index in [1.807, 2.05) is 12.1 Å². The Balaban J connectivity index is 1.60. The van der Waals surface area contributed by atoms with Gasteiger partial charge in [-0.05, 0) is 60.1 Å². The zero-order valence-electron chi connectivity index (χ0n) is 10.5. The molecule has 0 radical (unpaired) electrons. The zero-order chi connectivity index (χ0) is 13.4. The van der Waals surface area contributed by atoms with E-state index >= 15 is 0 Å². The van der Waals surface area contributed by atoms with Gasteiger partial charge in [0.1, 0.15) is 0 Å². The highest BCUT2D eigenvalue weighted by atomic mass is 127. The van der Waals surface area contributed by atoms with Gasteiger partial charge >= 0.3 is 0 Å². The molecule has 1 heterocycles. The molecule has 5 heteroatoms. The summed E-state index contributed by atoms with van der Waals surface area (Å²) in [5.41, 5.74) is 0.648. The molecule has 1 aliphatic carbocycles. The number of benzene rings is 1. The standard InChI is InChI=1S/C14H16ClIN2O/c15-12-7-9(1-4-13(12)16)14(19)17-10-5-6-18(8-10)11-2-3-11/h1,4,7,10-11H,2-3,5-6,8H2,(H,17,19). The summed E-state index contributed by atoms with van der Waals surface area (Å²) in [4.78, 5) is 14.7. The van der Waals surface area contributed by atoms with Gasteiger partial charge in [-0.3, -0.25) is 9.69 Å². The Kier molecular flexibility index (Phi) is 4.01. The van der Waals surface area contributed by atoms with E-state index in [1.165, 1.54) is 12.8 Å². The second-order valence-electron chi connectivity index (χ2n) is 5.31. The number of hydrogen-bond donors (Lipinski definition) is 1. The van der Waals surface area contributed by atoms with Gasteiger partial charge in [-0.15, -0.1) is 0 Å². The van der Waals surface area contributed by atoms with Crippen molar-refractivity contribution in [1.29, 1.82) is 0 Å². The van der Waals surface area contributed by atoms with Crippen LogP contribution >= 0.6 is 34.2 Å². The lowest BCUT2D eigenvalue weighted by molar-refractivity contribution is 0.0937. The third kappa shape index (κ3) is 3.23. The molecule has 1 aromatic carbocycles. The molecule has 1 atom stereocenters. The fraction of sp³-hybridized carbons (Fsp3) is 0.500. The highest BCUT2D eigenvalue weighted by molar-refractivity contribution is 14.1. The van der Waals surface area contributed by atoms with E-state index in [0.29, 0.717) is 10.6 Å². The van der Waals surface area contributed by atoms with E-state index in [2.05, 4.69) is 32.8 Å². The highest BCUT2D eigenvalue weighted by Crippen LogP contribution is 2.29. The highest BCUT2D eigenvalue weighted by Gasteiger charge is 2.34. The fourth-order valence-corrected chi connectivity index (χ4v) is 3.10. The van der Waals surface area contributed by atoms with Gasteiger partial charge in [0.15, 0.2) is 0 Å². The van der Waals surface area contributed by atoms with Crippen molar-refractivity contribution in [2.75, 3.05) is 13.1 Å². The first-order valence-corrected chi connectivity index (χ1v) is 8.09. The number of nitrogens with one attached hydrogen (secondary N) is 1. The topological polar surface area (TPSA) is 32.3 Å². The van der Waals surface area contributed by atoms with Gasteiger partial charge in [0.25, 0.3) is 5.91 Å². The molecule has 1 amide bonds. The van der Waals surface area contributed by atoms with Crippen LogP contribution < -0.4 is 5.32 Å². The van der Waals surface area contributed by atoms with Gasteiger partial charge in [-0.1, -0.05) is 11.6 Å². The maximum Gasteiger partial charge on any atom is 0.251 e. The van der Waals surface area contributed by atoms with E-state index in [9.17, 15) is 4.79 Å². The normalized spacial score (nSPS) is 23.6. The Hall–Kier alpha value is -0.330. The molecule has 2 aliphatic rings. The minimum absolute atomic E-state index is 0.0130. The Labute approximate surface area is 131 Å². The first-order chi connectivity index (χ1) is 9.13. The summed E-state index contributed by atoms with van der Waals surface area (Å²) in [5.74, 6) is -0.0130. The first kappa shape index (κ1) is 13.6. The minimum Gasteiger partial charge on any atom is -0.348 e. The van der Waals surface area contributed by atoms with E-state index in [1.54, 1.807) is 6.07 Å². The largest absolute Gasteiger partial charge is 0.348 e. The summed E-state index contributed by atoms with van der Waals surface area (Å²) in [6.45, 7) is 2.11. The molecule has 2 fully saturated rings. The van der Waals surface area contributed by atoms with Crippen LogP contribution in [0.3, 0.4) is 0 Å². The van der Waals surface area contributed by atoms with Crippen LogP contribution in [0.2, 0.25) is 5.02 Å². The summed E-state index contributed by atoms with van der Waals surface area (Å²) in [7, 11) is 0. The van der Waals surface area contributed by atoms with Crippen molar-refractivity contribution >= 4 is 40.1 Å². The zero-order valence-corrected chi connectivity index (χ0v) is 13.4. The molecule has 102 valence electrons. The Morgan fingerprint density at radius 3 is 2.84 bits per heavy atom. The van der Waals surface area contributed by atoms with Crippen molar-refractivity contribution in [1.82, 2.24) is 10.2 Å². The van der Waals surface area contributed by atoms with E-state index < -0.39 is 0 Å². The number of amides is 1. The number of likely N-dealkylation sites (tertiary alicyclic amines) is 1. The summed E-state index contributed by atoms with van der Waals surface area (Å²) in [6, 6.07) is 6.52. The van der Waals surface area contributed by atoms with Crippen molar-refractivity contribution in [2.45, 2.75) is 31.3 Å². The Morgan fingerprint density at radius 1 is 1.37 bits per heavy atom. The van der Waals surface area contributed by atoms with E-state index in [0.717, 1.165) is 29.1 Å². The maximum atomic E-state index is 12.2. The van der Waals surface area contributed by atoms with Gasteiger partial charge in [0.2, 0.25) is 0 Å². The Morgan fingerprint density at radius 2 is 2.16 bits per heavy atom. The van der Waals surface area contributed by atoms with Crippen molar-refractivity contribution in [3.63, 3.8) is 0 Å². The van der Waals surface area contributed by atoms with Crippen molar-refractivity contribution in [2.24, 2.45) is 0 Å². The van der Waals surface area contributed by atoms with Crippen LogP contribution in [0.25, 0.3) is 0 Å². The molecule has 0 aromatic heterocycles. The van der Waals surface area contributed by atoms with Crippen LogP contribution in [0.4, 0.5) is 0 Å². The summed E-state index contributed by atoms with van der Waals surface area (Å²) in [5, 5.41) is 3.75. The second kappa shape index (κ2) is 5.58. The molecule has 1 saturated carbocycles. The van der Waals surface area contributed by atoms with Crippen molar-refractivity contribution < 1.29 is 4.79 Å². The van der Waals surface area contributed by atoms with Crippen LogP contribution in [0, 0.1) is 3.57 Å². The summed E-state index contributed by atoms with van der Waals surface area (Å²) >= 11 is 8.21. The third-order valence-electron chi connectivity index (χ3n) is 3.80. The van der Waals surface area contributed by atoms with Crippen molar-refractivity contribution in [3.05, 3.63) is 32.4 Å². The molecule has 1 aromatic rings. The number of carbonyl (C=O) groups is 1. The molecule has 1 aliphatic heterocycles. The lowest BCUT2D eigenvalue weighted by Gasteiger charge is -2.16. The predicted octanol–water partition coefficient (Wildman–Crippen LogP) is 2.91. The van der Waals surface area contributed by atoms with Crippen LogP contribution in [-0.4, -0.2) is 36.0 Å². The fourth-order valence-electron chi connectivity index (χ4n) is 2.58. The Bertz CT molecular complexity index is 504. The minimum atomic E-state index is -0.0130.